The Balaban J connectivity index is 2.50. The number of nitrogens with two attached hydrogens (primary N) is 1. The molecule has 2 rings (SSSR count). The van der Waals surface area contributed by atoms with Crippen LogP contribution in [-0.2, 0) is 7.05 Å². The monoisotopic (exact) mass is 273 g/mol. The SMILES string of the molecule is CCCCNC(=O)c1cn(C)c2cccc(N)c2c1=O. The highest BCUT2D eigenvalue weighted by Gasteiger charge is 2.15. The number of unbranched alkanes of at least 4 members (excludes halogenated alkanes) is 1. The summed E-state index contributed by atoms with van der Waals surface area (Å²) in [5, 5.41) is 3.16. The molecular formula is C15H19N3O2. The van der Waals surface area contributed by atoms with Crippen molar-refractivity contribution in [3.63, 3.8) is 0 Å². The first-order chi connectivity index (χ1) is 9.56. The van der Waals surface area contributed by atoms with Crippen molar-refractivity contribution in [1.29, 1.82) is 0 Å². The summed E-state index contributed by atoms with van der Waals surface area (Å²) >= 11 is 0. The van der Waals surface area contributed by atoms with Crippen molar-refractivity contribution in [1.82, 2.24) is 9.88 Å². The standard InChI is InChI=1S/C15H19N3O2/c1-3-4-8-17-15(20)10-9-18(2)12-7-5-6-11(16)13(12)14(10)19/h5-7,9H,3-4,8,16H2,1-2H3,(H,17,20). The molecule has 0 unspecified atom stereocenters. The summed E-state index contributed by atoms with van der Waals surface area (Å²) in [6.07, 6.45) is 3.44. The van der Waals surface area contributed by atoms with Crippen LogP contribution in [0.1, 0.15) is 30.1 Å². The molecule has 0 aliphatic carbocycles. The zero-order valence-corrected chi connectivity index (χ0v) is 11.8. The van der Waals surface area contributed by atoms with E-state index in [1.807, 2.05) is 13.0 Å². The van der Waals surface area contributed by atoms with Crippen LogP contribution in [0.2, 0.25) is 0 Å². The Labute approximate surface area is 117 Å². The number of carbonyl (C=O) groups is 1. The predicted octanol–water partition coefficient (Wildman–Crippen LogP) is 1.65. The summed E-state index contributed by atoms with van der Waals surface area (Å²) in [7, 11) is 1.80. The number of amides is 1. The fraction of sp³-hybridized carbons (Fsp3) is 0.333. The number of anilines is 1. The fourth-order valence-electron chi connectivity index (χ4n) is 2.19. The van der Waals surface area contributed by atoms with Crippen molar-refractivity contribution in [3.8, 4) is 0 Å². The number of aryl methyl sites for hydroxylation is 1. The van der Waals surface area contributed by atoms with Crippen LogP contribution < -0.4 is 16.5 Å². The van der Waals surface area contributed by atoms with E-state index in [4.69, 9.17) is 5.73 Å². The Bertz CT molecular complexity index is 704. The minimum Gasteiger partial charge on any atom is -0.398 e. The van der Waals surface area contributed by atoms with Crippen LogP contribution >= 0.6 is 0 Å². The Kier molecular flexibility index (Phi) is 4.08. The average molecular weight is 273 g/mol. The minimum absolute atomic E-state index is 0.133. The molecule has 20 heavy (non-hydrogen) atoms. The van der Waals surface area contributed by atoms with Crippen molar-refractivity contribution >= 4 is 22.5 Å². The van der Waals surface area contributed by atoms with Crippen molar-refractivity contribution in [2.24, 2.45) is 7.05 Å². The number of carbonyl (C=O) groups excluding carboxylic acids is 1. The Morgan fingerprint density at radius 1 is 1.40 bits per heavy atom. The molecule has 1 aromatic carbocycles. The molecule has 0 spiro atoms. The number of hydrogen-bond acceptors (Lipinski definition) is 3. The van der Waals surface area contributed by atoms with E-state index in [2.05, 4.69) is 5.32 Å². The number of nitrogen functional groups attached to an aromatic ring is 1. The highest BCUT2D eigenvalue weighted by atomic mass is 16.2. The molecule has 0 aliphatic heterocycles. The molecule has 3 N–H and O–H groups in total. The molecule has 1 amide bonds. The maximum absolute atomic E-state index is 12.4. The molecule has 5 nitrogen and oxygen atoms in total. The van der Waals surface area contributed by atoms with E-state index >= 15 is 0 Å². The van der Waals surface area contributed by atoms with Gasteiger partial charge >= 0.3 is 0 Å². The quantitative estimate of drug-likeness (QED) is 0.657. The number of rotatable bonds is 4. The van der Waals surface area contributed by atoms with Gasteiger partial charge in [0, 0.05) is 25.5 Å². The van der Waals surface area contributed by atoms with Gasteiger partial charge in [0.15, 0.2) is 0 Å². The lowest BCUT2D eigenvalue weighted by Gasteiger charge is -2.10. The second kappa shape index (κ2) is 5.77. The highest BCUT2D eigenvalue weighted by molar-refractivity contribution is 6.00. The maximum Gasteiger partial charge on any atom is 0.256 e. The molecule has 0 aliphatic rings. The zero-order valence-electron chi connectivity index (χ0n) is 11.8. The number of aromatic nitrogens is 1. The Morgan fingerprint density at radius 3 is 2.85 bits per heavy atom. The average Bonchev–Trinajstić information content (AvgIpc) is 2.42. The summed E-state index contributed by atoms with van der Waals surface area (Å²) in [5.41, 5.74) is 6.81. The van der Waals surface area contributed by atoms with Gasteiger partial charge in [-0.25, -0.2) is 0 Å². The van der Waals surface area contributed by atoms with Crippen molar-refractivity contribution < 1.29 is 4.79 Å². The molecule has 1 aromatic heterocycles. The summed E-state index contributed by atoms with van der Waals surface area (Å²) in [5.74, 6) is -0.343. The number of nitrogens with zero attached hydrogens (tertiary/aromatic N) is 1. The number of nitrogens with one attached hydrogen (secondary N) is 1. The van der Waals surface area contributed by atoms with E-state index in [0.29, 0.717) is 17.6 Å². The summed E-state index contributed by atoms with van der Waals surface area (Å²) in [6, 6.07) is 5.27. The lowest BCUT2D eigenvalue weighted by atomic mass is 10.1. The number of pyridine rings is 1. The third kappa shape index (κ3) is 2.52. The van der Waals surface area contributed by atoms with Crippen LogP contribution in [0.15, 0.2) is 29.2 Å². The van der Waals surface area contributed by atoms with Crippen LogP contribution in [-0.4, -0.2) is 17.0 Å². The van der Waals surface area contributed by atoms with Gasteiger partial charge in [0.2, 0.25) is 5.43 Å². The van der Waals surface area contributed by atoms with E-state index < -0.39 is 0 Å². The normalized spacial score (nSPS) is 10.7. The summed E-state index contributed by atoms with van der Waals surface area (Å²) in [6.45, 7) is 2.61. The fourth-order valence-corrected chi connectivity index (χ4v) is 2.19. The smallest absolute Gasteiger partial charge is 0.256 e. The van der Waals surface area contributed by atoms with Gasteiger partial charge in [0.1, 0.15) is 5.56 Å². The molecule has 0 saturated carbocycles. The van der Waals surface area contributed by atoms with Crippen molar-refractivity contribution in [2.45, 2.75) is 19.8 Å². The molecule has 0 atom stereocenters. The number of hydrogen-bond donors (Lipinski definition) is 2. The van der Waals surface area contributed by atoms with E-state index in [9.17, 15) is 9.59 Å². The third-order valence-electron chi connectivity index (χ3n) is 3.31. The van der Waals surface area contributed by atoms with Gasteiger partial charge in [-0.15, -0.1) is 0 Å². The van der Waals surface area contributed by atoms with Crippen molar-refractivity contribution in [2.75, 3.05) is 12.3 Å². The maximum atomic E-state index is 12.4. The van der Waals surface area contributed by atoms with E-state index in [0.717, 1.165) is 18.4 Å². The van der Waals surface area contributed by atoms with Crippen LogP contribution in [0.4, 0.5) is 5.69 Å². The van der Waals surface area contributed by atoms with Crippen LogP contribution in [0.3, 0.4) is 0 Å². The lowest BCUT2D eigenvalue weighted by molar-refractivity contribution is 0.0951. The number of benzene rings is 1. The van der Waals surface area contributed by atoms with Gasteiger partial charge in [-0.3, -0.25) is 9.59 Å². The summed E-state index contributed by atoms with van der Waals surface area (Å²) < 4.78 is 1.75. The number of fused-ring (bicyclic) bond motifs is 1. The first kappa shape index (κ1) is 14.1. The van der Waals surface area contributed by atoms with Crippen LogP contribution in [0.25, 0.3) is 10.9 Å². The Hall–Kier alpha value is -2.30. The van der Waals surface area contributed by atoms with E-state index in [1.165, 1.54) is 0 Å². The van der Waals surface area contributed by atoms with E-state index in [1.54, 1.807) is 29.9 Å². The summed E-state index contributed by atoms with van der Waals surface area (Å²) in [4.78, 5) is 24.5. The molecule has 1 heterocycles. The predicted molar refractivity (Wildman–Crippen MR) is 80.8 cm³/mol. The van der Waals surface area contributed by atoms with Gasteiger partial charge in [-0.05, 0) is 18.6 Å². The molecule has 0 radical (unpaired) electrons. The molecule has 5 heteroatoms. The molecule has 106 valence electrons. The first-order valence-corrected chi connectivity index (χ1v) is 6.72. The van der Waals surface area contributed by atoms with Gasteiger partial charge in [-0.2, -0.15) is 0 Å². The third-order valence-corrected chi connectivity index (χ3v) is 3.31. The van der Waals surface area contributed by atoms with Crippen LogP contribution in [0, 0.1) is 0 Å². The minimum atomic E-state index is -0.343. The molecule has 0 fully saturated rings. The van der Waals surface area contributed by atoms with Crippen molar-refractivity contribution in [3.05, 3.63) is 40.2 Å². The molecular weight excluding hydrogens is 254 g/mol. The molecule has 2 aromatic rings. The van der Waals surface area contributed by atoms with Gasteiger partial charge in [-0.1, -0.05) is 19.4 Å². The second-order valence-corrected chi connectivity index (χ2v) is 4.83. The zero-order chi connectivity index (χ0) is 14.7. The lowest BCUT2D eigenvalue weighted by Crippen LogP contribution is -2.30. The topological polar surface area (TPSA) is 77.1 Å². The van der Waals surface area contributed by atoms with Crippen LogP contribution in [0.5, 0.6) is 0 Å². The second-order valence-electron chi connectivity index (χ2n) is 4.83. The Morgan fingerprint density at radius 2 is 2.15 bits per heavy atom. The highest BCUT2D eigenvalue weighted by Crippen LogP contribution is 2.17. The largest absolute Gasteiger partial charge is 0.398 e. The molecule has 0 saturated heterocycles. The first-order valence-electron chi connectivity index (χ1n) is 6.72. The van der Waals surface area contributed by atoms with Gasteiger partial charge in [0.25, 0.3) is 5.91 Å². The van der Waals surface area contributed by atoms with Gasteiger partial charge in [0.05, 0.1) is 10.9 Å². The van der Waals surface area contributed by atoms with E-state index in [-0.39, 0.29) is 16.9 Å². The van der Waals surface area contributed by atoms with Gasteiger partial charge < -0.3 is 15.6 Å². The molecule has 0 bridgehead atoms.